The molecular formula is C16H25NO2S. The average molecular weight is 295 g/mol. The molecule has 4 heteroatoms. The van der Waals surface area contributed by atoms with Crippen LogP contribution in [0.1, 0.15) is 32.3 Å². The van der Waals surface area contributed by atoms with Crippen molar-refractivity contribution in [1.82, 2.24) is 0 Å². The molecule has 0 unspecified atom stereocenters. The molecule has 1 aromatic rings. The smallest absolute Gasteiger partial charge is 0.119 e. The molecule has 0 bridgehead atoms. The first-order chi connectivity index (χ1) is 9.58. The number of benzene rings is 1. The number of ether oxygens (including phenoxy) is 2. The van der Waals surface area contributed by atoms with E-state index < -0.39 is 0 Å². The maximum atomic E-state index is 5.60. The molecule has 112 valence electrons. The number of rotatable bonds is 10. The third kappa shape index (κ3) is 8.12. The van der Waals surface area contributed by atoms with Crippen LogP contribution in [-0.4, -0.2) is 24.8 Å². The molecule has 0 aliphatic carbocycles. The Kier molecular flexibility index (Phi) is 8.23. The maximum Gasteiger partial charge on any atom is 0.119 e. The van der Waals surface area contributed by atoms with Crippen LogP contribution in [0.2, 0.25) is 0 Å². The van der Waals surface area contributed by atoms with Crippen LogP contribution < -0.4 is 10.5 Å². The van der Waals surface area contributed by atoms with Crippen molar-refractivity contribution in [2.24, 2.45) is 11.7 Å². The van der Waals surface area contributed by atoms with Gasteiger partial charge in [0.25, 0.3) is 0 Å². The van der Waals surface area contributed by atoms with Gasteiger partial charge in [-0.3, -0.25) is 0 Å². The molecular weight excluding hydrogens is 270 g/mol. The van der Waals surface area contributed by atoms with Gasteiger partial charge in [-0.25, -0.2) is 0 Å². The Hall–Kier alpha value is -1.13. The molecule has 0 saturated carbocycles. The van der Waals surface area contributed by atoms with E-state index in [4.69, 9.17) is 27.4 Å². The van der Waals surface area contributed by atoms with Gasteiger partial charge in [0.2, 0.25) is 0 Å². The summed E-state index contributed by atoms with van der Waals surface area (Å²) in [6.07, 6.45) is 2.96. The van der Waals surface area contributed by atoms with Gasteiger partial charge in [-0.1, -0.05) is 38.2 Å². The Bertz CT molecular complexity index is 390. The molecule has 0 spiro atoms. The minimum absolute atomic E-state index is 0.508. The van der Waals surface area contributed by atoms with Crippen molar-refractivity contribution < 1.29 is 9.47 Å². The van der Waals surface area contributed by atoms with Crippen LogP contribution in [0.3, 0.4) is 0 Å². The zero-order chi connectivity index (χ0) is 14.8. The van der Waals surface area contributed by atoms with Crippen LogP contribution in [0.5, 0.6) is 5.75 Å². The van der Waals surface area contributed by atoms with E-state index in [1.165, 1.54) is 6.42 Å². The average Bonchev–Trinajstić information content (AvgIpc) is 2.38. The first-order valence-corrected chi connectivity index (χ1v) is 7.56. The summed E-state index contributed by atoms with van der Waals surface area (Å²) in [5.41, 5.74) is 6.61. The molecule has 0 radical (unpaired) electrons. The van der Waals surface area contributed by atoms with E-state index >= 15 is 0 Å². The third-order valence-corrected chi connectivity index (χ3v) is 3.01. The van der Waals surface area contributed by atoms with E-state index in [1.807, 2.05) is 24.3 Å². The van der Waals surface area contributed by atoms with Crippen LogP contribution in [0.15, 0.2) is 24.3 Å². The second-order valence-electron chi connectivity index (χ2n) is 5.28. The van der Waals surface area contributed by atoms with Gasteiger partial charge in [0.1, 0.15) is 12.4 Å². The van der Waals surface area contributed by atoms with E-state index in [-0.39, 0.29) is 0 Å². The van der Waals surface area contributed by atoms with Crippen LogP contribution in [-0.2, 0) is 11.2 Å². The summed E-state index contributed by atoms with van der Waals surface area (Å²) in [6, 6.07) is 7.84. The SMILES string of the molecule is CC(C)CCCOCCOc1ccc(CC(N)=S)cc1. The van der Waals surface area contributed by atoms with Gasteiger partial charge in [0.15, 0.2) is 0 Å². The lowest BCUT2D eigenvalue weighted by atomic mass is 10.1. The fourth-order valence-corrected chi connectivity index (χ4v) is 1.99. The van der Waals surface area contributed by atoms with Gasteiger partial charge in [-0.2, -0.15) is 0 Å². The van der Waals surface area contributed by atoms with Crippen molar-refractivity contribution in [2.75, 3.05) is 19.8 Å². The fourth-order valence-electron chi connectivity index (χ4n) is 1.82. The lowest BCUT2D eigenvalue weighted by molar-refractivity contribution is 0.0957. The molecule has 1 aromatic carbocycles. The van der Waals surface area contributed by atoms with Crippen LogP contribution in [0.4, 0.5) is 0 Å². The van der Waals surface area contributed by atoms with E-state index in [0.717, 1.165) is 30.3 Å². The summed E-state index contributed by atoms with van der Waals surface area (Å²) in [4.78, 5) is 0.508. The van der Waals surface area contributed by atoms with Gasteiger partial charge in [-0.15, -0.1) is 0 Å². The Balaban J connectivity index is 2.11. The molecule has 0 amide bonds. The highest BCUT2D eigenvalue weighted by molar-refractivity contribution is 7.80. The Morgan fingerprint density at radius 2 is 1.85 bits per heavy atom. The van der Waals surface area contributed by atoms with Gasteiger partial charge >= 0.3 is 0 Å². The quantitative estimate of drug-likeness (QED) is 0.531. The largest absolute Gasteiger partial charge is 0.491 e. The van der Waals surface area contributed by atoms with Gasteiger partial charge < -0.3 is 15.2 Å². The van der Waals surface area contributed by atoms with E-state index in [9.17, 15) is 0 Å². The predicted octanol–water partition coefficient (Wildman–Crippen LogP) is 3.35. The number of nitrogens with two attached hydrogens (primary N) is 1. The minimum Gasteiger partial charge on any atom is -0.491 e. The highest BCUT2D eigenvalue weighted by atomic mass is 32.1. The molecule has 0 atom stereocenters. The number of thiocarbonyl (C=S) groups is 1. The van der Waals surface area contributed by atoms with E-state index in [0.29, 0.717) is 24.6 Å². The molecule has 1 rings (SSSR count). The lowest BCUT2D eigenvalue weighted by Crippen LogP contribution is -2.11. The monoisotopic (exact) mass is 295 g/mol. The minimum atomic E-state index is 0.508. The molecule has 0 heterocycles. The first kappa shape index (κ1) is 16.9. The van der Waals surface area contributed by atoms with Gasteiger partial charge in [0.05, 0.1) is 11.6 Å². The summed E-state index contributed by atoms with van der Waals surface area (Å²) in [7, 11) is 0. The summed E-state index contributed by atoms with van der Waals surface area (Å²) in [5, 5.41) is 0. The molecule has 0 saturated heterocycles. The second kappa shape index (κ2) is 9.72. The highest BCUT2D eigenvalue weighted by Gasteiger charge is 1.98. The van der Waals surface area contributed by atoms with Crippen molar-refractivity contribution in [3.05, 3.63) is 29.8 Å². The predicted molar refractivity (Wildman–Crippen MR) is 87.3 cm³/mol. The summed E-state index contributed by atoms with van der Waals surface area (Å²) >= 11 is 4.88. The Morgan fingerprint density at radius 1 is 1.15 bits per heavy atom. The van der Waals surface area contributed by atoms with Crippen molar-refractivity contribution in [1.29, 1.82) is 0 Å². The van der Waals surface area contributed by atoms with Crippen LogP contribution in [0.25, 0.3) is 0 Å². The Morgan fingerprint density at radius 3 is 2.45 bits per heavy atom. The van der Waals surface area contributed by atoms with Gasteiger partial charge in [-0.05, 0) is 36.5 Å². The topological polar surface area (TPSA) is 44.5 Å². The van der Waals surface area contributed by atoms with E-state index in [1.54, 1.807) is 0 Å². The summed E-state index contributed by atoms with van der Waals surface area (Å²) in [6.45, 7) is 6.48. The molecule has 0 aliphatic heterocycles. The molecule has 0 aromatic heterocycles. The number of hydrogen-bond acceptors (Lipinski definition) is 3. The summed E-state index contributed by atoms with van der Waals surface area (Å²) < 4.78 is 11.1. The van der Waals surface area contributed by atoms with E-state index in [2.05, 4.69) is 13.8 Å². The normalized spacial score (nSPS) is 10.8. The zero-order valence-corrected chi connectivity index (χ0v) is 13.2. The van der Waals surface area contributed by atoms with Crippen molar-refractivity contribution in [3.8, 4) is 5.75 Å². The highest BCUT2D eigenvalue weighted by Crippen LogP contribution is 2.12. The third-order valence-electron chi connectivity index (χ3n) is 2.87. The van der Waals surface area contributed by atoms with Crippen molar-refractivity contribution in [3.63, 3.8) is 0 Å². The molecule has 0 aliphatic rings. The van der Waals surface area contributed by atoms with Crippen LogP contribution in [0, 0.1) is 5.92 Å². The maximum absolute atomic E-state index is 5.60. The number of hydrogen-bond donors (Lipinski definition) is 1. The molecule has 20 heavy (non-hydrogen) atoms. The molecule has 0 fully saturated rings. The van der Waals surface area contributed by atoms with Crippen molar-refractivity contribution in [2.45, 2.75) is 33.1 Å². The van der Waals surface area contributed by atoms with Crippen LogP contribution >= 0.6 is 12.2 Å². The standard InChI is InChI=1S/C16H25NO2S/c1-13(2)4-3-9-18-10-11-19-15-7-5-14(6-8-15)12-16(17)20/h5-8,13H,3-4,9-12H2,1-2H3,(H2,17,20). The van der Waals surface area contributed by atoms with Crippen molar-refractivity contribution >= 4 is 17.2 Å². The first-order valence-electron chi connectivity index (χ1n) is 7.15. The molecule has 3 nitrogen and oxygen atoms in total. The van der Waals surface area contributed by atoms with Gasteiger partial charge in [0, 0.05) is 13.0 Å². The molecule has 2 N–H and O–H groups in total. The lowest BCUT2D eigenvalue weighted by Gasteiger charge is -2.08. The fraction of sp³-hybridized carbons (Fsp3) is 0.562. The Labute approximate surface area is 127 Å². The zero-order valence-electron chi connectivity index (χ0n) is 12.4. The second-order valence-corrected chi connectivity index (χ2v) is 5.81. The summed E-state index contributed by atoms with van der Waals surface area (Å²) in [5.74, 6) is 1.59.